The highest BCUT2D eigenvalue weighted by molar-refractivity contribution is 4.88. The molecule has 1 saturated carbocycles. The van der Waals surface area contributed by atoms with E-state index in [0.29, 0.717) is 18.9 Å². The molecule has 1 atom stereocenters. The lowest BCUT2D eigenvalue weighted by Crippen LogP contribution is -2.51. The van der Waals surface area contributed by atoms with Gasteiger partial charge >= 0.3 is 6.18 Å². The third-order valence-electron chi connectivity index (χ3n) is 4.29. The molecule has 0 amide bonds. The van der Waals surface area contributed by atoms with Crippen molar-refractivity contribution in [2.45, 2.75) is 57.2 Å². The minimum absolute atomic E-state index is 0.159. The minimum atomic E-state index is -4.05. The Bertz CT molecular complexity index is 251. The van der Waals surface area contributed by atoms with Crippen LogP contribution in [-0.4, -0.2) is 36.8 Å². The van der Waals surface area contributed by atoms with Crippen LogP contribution in [0.1, 0.15) is 45.4 Å². The first-order valence-electron chi connectivity index (χ1n) is 6.75. The summed E-state index contributed by atoms with van der Waals surface area (Å²) in [6, 6.07) is 0. The predicted octanol–water partition coefficient (Wildman–Crippen LogP) is 3.17. The quantitative estimate of drug-likeness (QED) is 0.767. The third kappa shape index (κ3) is 4.76. The van der Waals surface area contributed by atoms with Crippen LogP contribution in [0.4, 0.5) is 13.2 Å². The van der Waals surface area contributed by atoms with E-state index in [1.165, 1.54) is 19.3 Å². The van der Waals surface area contributed by atoms with E-state index >= 15 is 0 Å². The van der Waals surface area contributed by atoms with Crippen molar-refractivity contribution < 1.29 is 13.2 Å². The lowest BCUT2D eigenvalue weighted by Gasteiger charge is -2.42. The Labute approximate surface area is 108 Å². The van der Waals surface area contributed by atoms with Gasteiger partial charge in [0.15, 0.2) is 0 Å². The van der Waals surface area contributed by atoms with Crippen LogP contribution < -0.4 is 5.73 Å². The van der Waals surface area contributed by atoms with Crippen molar-refractivity contribution in [1.82, 2.24) is 4.90 Å². The maximum absolute atomic E-state index is 12.2. The Morgan fingerprint density at radius 1 is 1.22 bits per heavy atom. The number of rotatable bonds is 7. The Balaban J connectivity index is 2.39. The Hall–Kier alpha value is -0.290. The van der Waals surface area contributed by atoms with Gasteiger partial charge in [-0.2, -0.15) is 13.2 Å². The van der Waals surface area contributed by atoms with Crippen molar-refractivity contribution in [3.8, 4) is 0 Å². The topological polar surface area (TPSA) is 29.3 Å². The van der Waals surface area contributed by atoms with E-state index in [4.69, 9.17) is 5.73 Å². The zero-order valence-electron chi connectivity index (χ0n) is 11.4. The number of halogens is 3. The summed E-state index contributed by atoms with van der Waals surface area (Å²) >= 11 is 0. The Morgan fingerprint density at radius 3 is 2.22 bits per heavy atom. The number of nitrogens with zero attached hydrogens (tertiary/aromatic N) is 1. The van der Waals surface area contributed by atoms with Gasteiger partial charge in [-0.1, -0.05) is 6.42 Å². The monoisotopic (exact) mass is 266 g/mol. The van der Waals surface area contributed by atoms with Crippen molar-refractivity contribution in [1.29, 1.82) is 0 Å². The first-order valence-corrected chi connectivity index (χ1v) is 6.75. The van der Waals surface area contributed by atoms with Crippen LogP contribution in [0.2, 0.25) is 0 Å². The summed E-state index contributed by atoms with van der Waals surface area (Å²) in [7, 11) is 1.98. The highest BCUT2D eigenvalue weighted by Gasteiger charge is 2.33. The molecule has 18 heavy (non-hydrogen) atoms. The van der Waals surface area contributed by atoms with Crippen molar-refractivity contribution in [2.75, 3.05) is 20.1 Å². The third-order valence-corrected chi connectivity index (χ3v) is 4.29. The summed E-state index contributed by atoms with van der Waals surface area (Å²) in [6.45, 7) is 3.34. The molecule has 1 aliphatic rings. The van der Waals surface area contributed by atoms with Gasteiger partial charge in [0.05, 0.1) is 0 Å². The second-order valence-corrected chi connectivity index (χ2v) is 5.85. The van der Waals surface area contributed by atoms with E-state index in [-0.39, 0.29) is 12.0 Å². The lowest BCUT2D eigenvalue weighted by atomic mass is 9.83. The van der Waals surface area contributed by atoms with Gasteiger partial charge in [-0.15, -0.1) is 0 Å². The summed E-state index contributed by atoms with van der Waals surface area (Å²) in [4.78, 5) is 2.16. The van der Waals surface area contributed by atoms with Gasteiger partial charge in [0.25, 0.3) is 0 Å². The summed E-state index contributed by atoms with van der Waals surface area (Å²) in [5, 5.41) is 0. The number of likely N-dealkylation sites (N-methyl/N-ethyl adjacent to an activating group) is 1. The van der Waals surface area contributed by atoms with Crippen LogP contribution in [0.15, 0.2) is 0 Å². The van der Waals surface area contributed by atoms with Crippen LogP contribution in [0.25, 0.3) is 0 Å². The zero-order valence-corrected chi connectivity index (χ0v) is 11.4. The maximum atomic E-state index is 12.2. The van der Waals surface area contributed by atoms with E-state index in [1.807, 2.05) is 14.0 Å². The highest BCUT2D eigenvalue weighted by Crippen LogP contribution is 2.31. The summed E-state index contributed by atoms with van der Waals surface area (Å²) in [5.41, 5.74) is 5.47. The minimum Gasteiger partial charge on any atom is -0.329 e. The fourth-order valence-corrected chi connectivity index (χ4v) is 2.40. The van der Waals surface area contributed by atoms with Gasteiger partial charge in [0.1, 0.15) is 0 Å². The summed E-state index contributed by atoms with van der Waals surface area (Å²) < 4.78 is 36.5. The average Bonchev–Trinajstić information content (AvgIpc) is 2.20. The summed E-state index contributed by atoms with van der Waals surface area (Å²) in [6.07, 6.45) is -0.326. The highest BCUT2D eigenvalue weighted by atomic mass is 19.4. The van der Waals surface area contributed by atoms with E-state index in [1.54, 1.807) is 0 Å². The number of hydrogen-bond donors (Lipinski definition) is 1. The SMILES string of the molecule is CN(CC1CCC1)C(C)(CN)CCCC(F)(F)F. The Kier molecular flexibility index (Phi) is 5.46. The maximum Gasteiger partial charge on any atom is 0.389 e. The largest absolute Gasteiger partial charge is 0.389 e. The fraction of sp³-hybridized carbons (Fsp3) is 1.00. The molecule has 1 aliphatic carbocycles. The molecular formula is C13H25F3N2. The molecule has 0 heterocycles. The van der Waals surface area contributed by atoms with Crippen LogP contribution in [-0.2, 0) is 0 Å². The number of hydrogen-bond acceptors (Lipinski definition) is 2. The van der Waals surface area contributed by atoms with Crippen LogP contribution in [0.5, 0.6) is 0 Å². The molecule has 0 aromatic carbocycles. The van der Waals surface area contributed by atoms with Crippen LogP contribution >= 0.6 is 0 Å². The molecular weight excluding hydrogens is 241 g/mol. The van der Waals surface area contributed by atoms with Crippen molar-refractivity contribution in [3.05, 3.63) is 0 Å². The van der Waals surface area contributed by atoms with Gasteiger partial charge in [0, 0.05) is 25.0 Å². The van der Waals surface area contributed by atoms with Crippen molar-refractivity contribution in [3.63, 3.8) is 0 Å². The summed E-state index contributed by atoms with van der Waals surface area (Å²) in [5.74, 6) is 0.712. The Morgan fingerprint density at radius 2 is 1.83 bits per heavy atom. The molecule has 2 nitrogen and oxygen atoms in total. The van der Waals surface area contributed by atoms with E-state index in [0.717, 1.165) is 6.54 Å². The second kappa shape index (κ2) is 6.24. The molecule has 1 fully saturated rings. The van der Waals surface area contributed by atoms with E-state index < -0.39 is 12.6 Å². The molecule has 5 heteroatoms. The van der Waals surface area contributed by atoms with Crippen molar-refractivity contribution >= 4 is 0 Å². The van der Waals surface area contributed by atoms with Crippen LogP contribution in [0.3, 0.4) is 0 Å². The van der Waals surface area contributed by atoms with E-state index in [9.17, 15) is 13.2 Å². The molecule has 0 aliphatic heterocycles. The fourth-order valence-electron chi connectivity index (χ4n) is 2.40. The molecule has 0 spiro atoms. The first-order chi connectivity index (χ1) is 8.27. The van der Waals surface area contributed by atoms with Gasteiger partial charge in [0.2, 0.25) is 0 Å². The van der Waals surface area contributed by atoms with Gasteiger partial charge < -0.3 is 5.73 Å². The van der Waals surface area contributed by atoms with Crippen LogP contribution in [0, 0.1) is 5.92 Å². The first kappa shape index (κ1) is 15.8. The second-order valence-electron chi connectivity index (χ2n) is 5.85. The average molecular weight is 266 g/mol. The number of nitrogens with two attached hydrogens (primary N) is 1. The predicted molar refractivity (Wildman–Crippen MR) is 67.3 cm³/mol. The van der Waals surface area contributed by atoms with Gasteiger partial charge in [-0.3, -0.25) is 4.90 Å². The molecule has 0 aromatic rings. The normalized spacial score (nSPS) is 20.8. The molecule has 0 radical (unpaired) electrons. The lowest BCUT2D eigenvalue weighted by molar-refractivity contribution is -0.136. The molecule has 1 rings (SSSR count). The van der Waals surface area contributed by atoms with Gasteiger partial charge in [-0.25, -0.2) is 0 Å². The smallest absolute Gasteiger partial charge is 0.329 e. The zero-order chi connectivity index (χ0) is 13.8. The van der Waals surface area contributed by atoms with Gasteiger partial charge in [-0.05, 0) is 45.6 Å². The van der Waals surface area contributed by atoms with E-state index in [2.05, 4.69) is 4.90 Å². The molecule has 108 valence electrons. The number of alkyl halides is 3. The molecule has 0 saturated heterocycles. The van der Waals surface area contributed by atoms with Crippen molar-refractivity contribution in [2.24, 2.45) is 11.7 Å². The standard InChI is InChI=1S/C13H25F3N2/c1-12(10-17,7-4-8-13(14,15)16)18(2)9-11-5-3-6-11/h11H,3-10,17H2,1-2H3. The molecule has 1 unspecified atom stereocenters. The molecule has 2 N–H and O–H groups in total. The molecule has 0 bridgehead atoms. The molecule has 0 aromatic heterocycles.